The van der Waals surface area contributed by atoms with Crippen molar-refractivity contribution < 1.29 is 18.3 Å². The molecule has 0 aromatic carbocycles. The van der Waals surface area contributed by atoms with Crippen LogP contribution in [0.15, 0.2) is 23.1 Å². The summed E-state index contributed by atoms with van der Waals surface area (Å²) in [7, 11) is -3.63. The molecule has 0 fully saturated rings. The van der Waals surface area contributed by atoms with Gasteiger partial charge in [-0.2, -0.15) is 0 Å². The molecule has 18 heavy (non-hydrogen) atoms. The first-order valence-electron chi connectivity index (χ1n) is 5.41. The molecule has 1 aliphatic carbocycles. The number of thiophene rings is 1. The van der Waals surface area contributed by atoms with Crippen molar-refractivity contribution in [2.45, 2.75) is 30.7 Å². The normalized spacial score (nSPS) is 16.3. The van der Waals surface area contributed by atoms with Gasteiger partial charge in [0.2, 0.25) is 10.0 Å². The molecule has 1 aromatic rings. The van der Waals surface area contributed by atoms with E-state index in [4.69, 9.17) is 5.11 Å². The van der Waals surface area contributed by atoms with Crippen molar-refractivity contribution in [2.24, 2.45) is 0 Å². The number of carbonyl (C=O) groups is 1. The van der Waals surface area contributed by atoms with E-state index in [1.54, 1.807) is 6.92 Å². The number of carboxylic acid groups (broad SMARTS) is 1. The minimum Gasteiger partial charge on any atom is -0.477 e. The number of hydrogen-bond acceptors (Lipinski definition) is 4. The highest BCUT2D eigenvalue weighted by atomic mass is 32.2. The molecule has 0 amide bonds. The van der Waals surface area contributed by atoms with Crippen molar-refractivity contribution in [2.75, 3.05) is 0 Å². The molecule has 0 unspecified atom stereocenters. The number of aryl methyl sites for hydroxylation is 1. The largest absolute Gasteiger partial charge is 0.477 e. The number of nitrogens with one attached hydrogen (secondary N) is 1. The van der Waals surface area contributed by atoms with Gasteiger partial charge in [0.15, 0.2) is 0 Å². The van der Waals surface area contributed by atoms with Crippen LogP contribution >= 0.6 is 11.3 Å². The topological polar surface area (TPSA) is 83.5 Å². The average Bonchev–Trinajstić information content (AvgIpc) is 2.86. The van der Waals surface area contributed by atoms with E-state index in [2.05, 4.69) is 4.72 Å². The predicted octanol–water partition coefficient (Wildman–Crippen LogP) is 1.75. The quantitative estimate of drug-likeness (QED) is 0.826. The van der Waals surface area contributed by atoms with Gasteiger partial charge in [-0.15, -0.1) is 11.3 Å². The van der Waals surface area contributed by atoms with Gasteiger partial charge >= 0.3 is 5.97 Å². The molecule has 0 saturated carbocycles. The van der Waals surface area contributed by atoms with E-state index in [9.17, 15) is 13.2 Å². The van der Waals surface area contributed by atoms with Crippen molar-refractivity contribution in [3.05, 3.63) is 28.0 Å². The molecular weight excluding hydrogens is 274 g/mol. The Morgan fingerprint density at radius 1 is 1.44 bits per heavy atom. The lowest BCUT2D eigenvalue weighted by Gasteiger charge is -2.12. The fourth-order valence-corrected chi connectivity index (χ4v) is 4.53. The molecule has 0 radical (unpaired) electrons. The maximum Gasteiger partial charge on any atom is 0.345 e. The molecule has 2 N–H and O–H groups in total. The molecule has 0 spiro atoms. The Labute approximate surface area is 109 Å². The van der Waals surface area contributed by atoms with Crippen LogP contribution in [0.25, 0.3) is 0 Å². The fraction of sp³-hybridized carbons (Fsp3) is 0.364. The summed E-state index contributed by atoms with van der Waals surface area (Å²) in [5.41, 5.74) is 0. The van der Waals surface area contributed by atoms with Gasteiger partial charge in [0.1, 0.15) is 4.88 Å². The summed E-state index contributed by atoms with van der Waals surface area (Å²) in [6.07, 6.45) is 5.20. The zero-order chi connectivity index (χ0) is 13.3. The SMILES string of the molecule is Cc1sc(C(=O)O)cc1S(=O)(=O)NC1CC=CC1. The summed E-state index contributed by atoms with van der Waals surface area (Å²) in [6.45, 7) is 1.61. The van der Waals surface area contributed by atoms with E-state index >= 15 is 0 Å². The molecule has 0 aliphatic heterocycles. The third kappa shape index (κ3) is 2.63. The van der Waals surface area contributed by atoms with Crippen LogP contribution in [0.4, 0.5) is 0 Å². The van der Waals surface area contributed by atoms with Gasteiger partial charge < -0.3 is 5.11 Å². The van der Waals surface area contributed by atoms with Crippen LogP contribution in [-0.2, 0) is 10.0 Å². The minimum absolute atomic E-state index is 0.0393. The summed E-state index contributed by atoms with van der Waals surface area (Å²) in [4.78, 5) is 11.4. The summed E-state index contributed by atoms with van der Waals surface area (Å²) >= 11 is 0.973. The predicted molar refractivity (Wildman–Crippen MR) is 68.5 cm³/mol. The molecule has 98 valence electrons. The van der Waals surface area contributed by atoms with Crippen LogP contribution in [0.3, 0.4) is 0 Å². The molecule has 1 heterocycles. The van der Waals surface area contributed by atoms with Gasteiger partial charge in [-0.1, -0.05) is 12.2 Å². The summed E-state index contributed by atoms with van der Waals surface area (Å²) in [6, 6.07) is 1.09. The highest BCUT2D eigenvalue weighted by molar-refractivity contribution is 7.89. The Kier molecular flexibility index (Phi) is 3.56. The Balaban J connectivity index is 2.26. The van der Waals surface area contributed by atoms with E-state index in [1.807, 2.05) is 12.2 Å². The monoisotopic (exact) mass is 287 g/mol. The van der Waals surface area contributed by atoms with Gasteiger partial charge in [-0.3, -0.25) is 0 Å². The first-order valence-corrected chi connectivity index (χ1v) is 7.71. The summed E-state index contributed by atoms with van der Waals surface area (Å²) in [5, 5.41) is 8.86. The van der Waals surface area contributed by atoms with Crippen molar-refractivity contribution in [3.8, 4) is 0 Å². The lowest BCUT2D eigenvalue weighted by molar-refractivity contribution is 0.0702. The second-order valence-electron chi connectivity index (χ2n) is 4.10. The van der Waals surface area contributed by atoms with Gasteiger partial charge in [0.25, 0.3) is 0 Å². The lowest BCUT2D eigenvalue weighted by Crippen LogP contribution is -2.32. The van der Waals surface area contributed by atoms with Gasteiger partial charge in [0, 0.05) is 10.9 Å². The zero-order valence-corrected chi connectivity index (χ0v) is 11.3. The first-order chi connectivity index (χ1) is 8.40. The van der Waals surface area contributed by atoms with E-state index in [0.29, 0.717) is 17.7 Å². The Morgan fingerprint density at radius 3 is 2.56 bits per heavy atom. The number of rotatable bonds is 4. The van der Waals surface area contributed by atoms with Crippen LogP contribution in [0, 0.1) is 6.92 Å². The molecular formula is C11H13NO4S2. The van der Waals surface area contributed by atoms with Crippen molar-refractivity contribution in [1.29, 1.82) is 0 Å². The second kappa shape index (κ2) is 4.83. The lowest BCUT2D eigenvalue weighted by atomic mass is 10.3. The number of aromatic carboxylic acids is 1. The minimum atomic E-state index is -3.63. The van der Waals surface area contributed by atoms with Crippen LogP contribution in [-0.4, -0.2) is 25.5 Å². The van der Waals surface area contributed by atoms with Gasteiger partial charge in [-0.05, 0) is 25.8 Å². The molecule has 5 nitrogen and oxygen atoms in total. The molecule has 0 saturated heterocycles. The Bertz CT molecular complexity index is 593. The zero-order valence-electron chi connectivity index (χ0n) is 9.71. The molecule has 7 heteroatoms. The Hall–Kier alpha value is -1.18. The number of sulfonamides is 1. The third-order valence-corrected chi connectivity index (χ3v) is 5.52. The van der Waals surface area contributed by atoms with Crippen LogP contribution < -0.4 is 4.72 Å². The van der Waals surface area contributed by atoms with Crippen LogP contribution in [0.5, 0.6) is 0 Å². The second-order valence-corrected chi connectivity index (χ2v) is 7.04. The molecule has 0 atom stereocenters. The standard InChI is InChI=1S/C11H13NO4S2/c1-7-10(6-9(17-7)11(13)14)18(15,16)12-8-4-2-3-5-8/h2-3,6,8,12H,4-5H2,1H3,(H,13,14). The van der Waals surface area contributed by atoms with Crippen molar-refractivity contribution in [3.63, 3.8) is 0 Å². The molecule has 1 aromatic heterocycles. The van der Waals surface area contributed by atoms with Crippen LogP contribution in [0.2, 0.25) is 0 Å². The van der Waals surface area contributed by atoms with Gasteiger partial charge in [-0.25, -0.2) is 17.9 Å². The summed E-state index contributed by atoms with van der Waals surface area (Å²) in [5.74, 6) is -1.10. The third-order valence-electron chi connectivity index (χ3n) is 2.70. The highest BCUT2D eigenvalue weighted by Gasteiger charge is 2.25. The number of hydrogen-bond donors (Lipinski definition) is 2. The van der Waals surface area contributed by atoms with Crippen molar-refractivity contribution >= 4 is 27.3 Å². The number of carboxylic acids is 1. The van der Waals surface area contributed by atoms with Gasteiger partial charge in [0.05, 0.1) is 4.90 Å². The highest BCUT2D eigenvalue weighted by Crippen LogP contribution is 2.26. The molecule has 0 bridgehead atoms. The first kappa shape index (κ1) is 13.3. The average molecular weight is 287 g/mol. The molecule has 2 rings (SSSR count). The summed E-state index contributed by atoms with van der Waals surface area (Å²) < 4.78 is 26.8. The Morgan fingerprint density at radius 2 is 2.06 bits per heavy atom. The van der Waals surface area contributed by atoms with E-state index in [-0.39, 0.29) is 15.8 Å². The fourth-order valence-electron chi connectivity index (χ4n) is 1.83. The maximum atomic E-state index is 12.1. The molecule has 1 aliphatic rings. The van der Waals surface area contributed by atoms with E-state index < -0.39 is 16.0 Å². The van der Waals surface area contributed by atoms with E-state index in [0.717, 1.165) is 11.3 Å². The smallest absolute Gasteiger partial charge is 0.345 e. The van der Waals surface area contributed by atoms with Crippen LogP contribution in [0.1, 0.15) is 27.4 Å². The van der Waals surface area contributed by atoms with Crippen molar-refractivity contribution in [1.82, 2.24) is 4.72 Å². The maximum absolute atomic E-state index is 12.1. The van der Waals surface area contributed by atoms with E-state index in [1.165, 1.54) is 6.07 Å².